The van der Waals surface area contributed by atoms with Crippen LogP contribution in [0.25, 0.3) is 0 Å². The van der Waals surface area contributed by atoms with Gasteiger partial charge in [-0.25, -0.2) is 0 Å². The molecule has 2 rings (SSSR count). The second-order valence-electron chi connectivity index (χ2n) is 7.97. The summed E-state index contributed by atoms with van der Waals surface area (Å²) in [5.74, 6) is 0.692. The van der Waals surface area contributed by atoms with Crippen LogP contribution in [0.1, 0.15) is 52.4 Å². The number of rotatable bonds is 8. The van der Waals surface area contributed by atoms with Crippen molar-refractivity contribution in [1.82, 2.24) is 10.2 Å². The molecule has 166 valence electrons. The van der Waals surface area contributed by atoms with Crippen LogP contribution in [0.5, 0.6) is 0 Å². The van der Waals surface area contributed by atoms with Gasteiger partial charge in [0.25, 0.3) is 0 Å². The first-order valence-corrected chi connectivity index (χ1v) is 11.1. The van der Waals surface area contributed by atoms with Gasteiger partial charge in [-0.1, -0.05) is 43.3 Å². The summed E-state index contributed by atoms with van der Waals surface area (Å²) in [5, 5.41) is 2.75. The molecule has 1 saturated heterocycles. The highest BCUT2D eigenvalue weighted by Crippen LogP contribution is 2.46. The van der Waals surface area contributed by atoms with Gasteiger partial charge in [0.1, 0.15) is 5.82 Å². The van der Waals surface area contributed by atoms with E-state index < -0.39 is 11.7 Å². The molecule has 1 spiro atoms. The van der Waals surface area contributed by atoms with Gasteiger partial charge >= 0.3 is 6.18 Å². The molecular formula is C23H31F3N2OS. The maximum absolute atomic E-state index is 13.1. The highest BCUT2D eigenvalue weighted by molar-refractivity contribution is 8.06. The SMILES string of the molecule is C=C/C=C\C(S/C(C)=C/C=C(\NC=O)N1CCC2(CCCC2)CC1)=C(/C)C(F)(F)F. The third kappa shape index (κ3) is 6.83. The number of carbonyl (C=O) groups excluding carboxylic acids is 1. The second kappa shape index (κ2) is 10.9. The number of alkyl halides is 3. The summed E-state index contributed by atoms with van der Waals surface area (Å²) in [5.41, 5.74) is -0.178. The Balaban J connectivity index is 2.13. The zero-order chi connectivity index (χ0) is 22.2. The first-order chi connectivity index (χ1) is 14.2. The fourth-order valence-electron chi connectivity index (χ4n) is 4.09. The lowest BCUT2D eigenvalue weighted by Gasteiger charge is -2.41. The van der Waals surface area contributed by atoms with E-state index in [0.29, 0.717) is 22.6 Å². The molecule has 0 bridgehead atoms. The van der Waals surface area contributed by atoms with Crippen molar-refractivity contribution in [2.24, 2.45) is 5.41 Å². The zero-order valence-corrected chi connectivity index (χ0v) is 18.5. The van der Waals surface area contributed by atoms with E-state index in [1.165, 1.54) is 43.9 Å². The van der Waals surface area contributed by atoms with Gasteiger partial charge < -0.3 is 10.2 Å². The molecule has 0 aromatic rings. The molecular weight excluding hydrogens is 409 g/mol. The normalized spacial score (nSPS) is 21.2. The van der Waals surface area contributed by atoms with Gasteiger partial charge in [-0.05, 0) is 68.1 Å². The molecule has 1 heterocycles. The number of hydrogen-bond donors (Lipinski definition) is 1. The van der Waals surface area contributed by atoms with Gasteiger partial charge in [-0.2, -0.15) is 13.2 Å². The fourth-order valence-corrected chi connectivity index (χ4v) is 4.98. The minimum Gasteiger partial charge on any atom is -0.358 e. The zero-order valence-electron chi connectivity index (χ0n) is 17.7. The van der Waals surface area contributed by atoms with Gasteiger partial charge in [-0.15, -0.1) is 0 Å². The van der Waals surface area contributed by atoms with Gasteiger partial charge in [0.05, 0.1) is 0 Å². The number of allylic oxidation sites excluding steroid dienone is 7. The third-order valence-corrected chi connectivity index (χ3v) is 7.08. The Bertz CT molecular complexity index is 734. The van der Waals surface area contributed by atoms with Crippen molar-refractivity contribution in [2.75, 3.05) is 13.1 Å². The Morgan fingerprint density at radius 1 is 1.10 bits per heavy atom. The van der Waals surface area contributed by atoms with Crippen molar-refractivity contribution < 1.29 is 18.0 Å². The third-order valence-electron chi connectivity index (χ3n) is 5.96. The topological polar surface area (TPSA) is 32.3 Å². The average Bonchev–Trinajstić information content (AvgIpc) is 3.15. The first kappa shape index (κ1) is 24.4. The minimum atomic E-state index is -4.39. The molecule has 3 nitrogen and oxygen atoms in total. The lowest BCUT2D eigenvalue weighted by Crippen LogP contribution is -2.41. The van der Waals surface area contributed by atoms with Crippen molar-refractivity contribution in [2.45, 2.75) is 58.5 Å². The standard InChI is InChI=1S/C23H31F3N2OS/c1-4-5-8-20(19(3)23(24,25)26)30-18(2)9-10-21(27-17-29)28-15-13-22(14-16-28)11-6-7-12-22/h4-5,8-10,17H,1,6-7,11-16H2,2-3H3,(H,27,29)/b8-5-,18-9+,20-19-,21-10+. The number of carbonyl (C=O) groups is 1. The molecule has 0 aromatic carbocycles. The largest absolute Gasteiger partial charge is 0.413 e. The van der Waals surface area contributed by atoms with E-state index in [1.807, 2.05) is 0 Å². The summed E-state index contributed by atoms with van der Waals surface area (Å²) < 4.78 is 39.4. The summed E-state index contributed by atoms with van der Waals surface area (Å²) in [6, 6.07) is 0. The smallest absolute Gasteiger partial charge is 0.358 e. The minimum absolute atomic E-state index is 0.121. The Kier molecular flexibility index (Phi) is 8.89. The number of piperidine rings is 1. The van der Waals surface area contributed by atoms with Crippen LogP contribution in [-0.2, 0) is 4.79 Å². The molecule has 30 heavy (non-hydrogen) atoms. The van der Waals surface area contributed by atoms with Gasteiger partial charge in [-0.3, -0.25) is 4.79 Å². The number of hydrogen-bond acceptors (Lipinski definition) is 3. The van der Waals surface area contributed by atoms with Crippen LogP contribution in [-0.4, -0.2) is 30.6 Å². The van der Waals surface area contributed by atoms with Crippen LogP contribution in [0.4, 0.5) is 13.2 Å². The van der Waals surface area contributed by atoms with E-state index in [-0.39, 0.29) is 4.91 Å². The molecule has 1 amide bonds. The van der Waals surface area contributed by atoms with Crippen molar-refractivity contribution >= 4 is 18.2 Å². The summed E-state index contributed by atoms with van der Waals surface area (Å²) in [7, 11) is 0. The van der Waals surface area contributed by atoms with Gasteiger partial charge in [0, 0.05) is 23.6 Å². The van der Waals surface area contributed by atoms with Crippen LogP contribution in [0.2, 0.25) is 0 Å². The van der Waals surface area contributed by atoms with Crippen molar-refractivity contribution in [3.63, 3.8) is 0 Å². The molecule has 0 aromatic heterocycles. The average molecular weight is 441 g/mol. The molecule has 2 fully saturated rings. The van der Waals surface area contributed by atoms with E-state index in [2.05, 4.69) is 16.8 Å². The second-order valence-corrected chi connectivity index (χ2v) is 9.26. The van der Waals surface area contributed by atoms with E-state index in [0.717, 1.165) is 44.6 Å². The predicted molar refractivity (Wildman–Crippen MR) is 118 cm³/mol. The fraction of sp³-hybridized carbons (Fsp3) is 0.522. The highest BCUT2D eigenvalue weighted by Gasteiger charge is 2.37. The van der Waals surface area contributed by atoms with Gasteiger partial charge in [0.15, 0.2) is 0 Å². The predicted octanol–water partition coefficient (Wildman–Crippen LogP) is 6.45. The van der Waals surface area contributed by atoms with Crippen LogP contribution >= 0.6 is 11.8 Å². The number of nitrogens with zero attached hydrogens (tertiary/aromatic N) is 1. The molecule has 7 heteroatoms. The molecule has 1 saturated carbocycles. The summed E-state index contributed by atoms with van der Waals surface area (Å²) in [6.07, 6.45) is 11.6. The number of nitrogens with one attached hydrogen (secondary N) is 1. The van der Waals surface area contributed by atoms with Crippen LogP contribution < -0.4 is 5.32 Å². The lowest BCUT2D eigenvalue weighted by atomic mass is 9.77. The van der Waals surface area contributed by atoms with E-state index in [4.69, 9.17) is 0 Å². The Hall–Kier alpha value is -1.89. The lowest BCUT2D eigenvalue weighted by molar-refractivity contribution is -0.109. The van der Waals surface area contributed by atoms with Crippen molar-refractivity contribution in [1.29, 1.82) is 0 Å². The summed E-state index contributed by atoms with van der Waals surface area (Å²) >= 11 is 1.05. The number of thioether (sulfide) groups is 1. The number of likely N-dealkylation sites (tertiary alicyclic amines) is 1. The molecule has 0 atom stereocenters. The van der Waals surface area contributed by atoms with Gasteiger partial charge in [0.2, 0.25) is 6.41 Å². The highest BCUT2D eigenvalue weighted by atomic mass is 32.2. The quantitative estimate of drug-likeness (QED) is 0.348. The monoisotopic (exact) mass is 440 g/mol. The van der Waals surface area contributed by atoms with Crippen LogP contribution in [0, 0.1) is 5.41 Å². The maximum Gasteiger partial charge on any atom is 0.413 e. The molecule has 1 aliphatic heterocycles. The van der Waals surface area contributed by atoms with E-state index >= 15 is 0 Å². The maximum atomic E-state index is 13.1. The molecule has 1 aliphatic carbocycles. The Morgan fingerprint density at radius 2 is 1.73 bits per heavy atom. The molecule has 2 aliphatic rings. The summed E-state index contributed by atoms with van der Waals surface area (Å²) in [6.45, 7) is 8.12. The number of halogens is 3. The van der Waals surface area contributed by atoms with E-state index in [9.17, 15) is 18.0 Å². The van der Waals surface area contributed by atoms with Crippen LogP contribution in [0.15, 0.2) is 58.2 Å². The molecule has 0 radical (unpaired) electrons. The Morgan fingerprint density at radius 3 is 2.27 bits per heavy atom. The molecule has 1 N–H and O–H groups in total. The summed E-state index contributed by atoms with van der Waals surface area (Å²) in [4.78, 5) is 14.1. The van der Waals surface area contributed by atoms with E-state index in [1.54, 1.807) is 19.1 Å². The number of amides is 1. The Labute approximate surface area is 181 Å². The van der Waals surface area contributed by atoms with Crippen molar-refractivity contribution in [3.8, 4) is 0 Å². The molecule has 0 unspecified atom stereocenters. The van der Waals surface area contributed by atoms with Crippen molar-refractivity contribution in [3.05, 3.63) is 58.2 Å². The van der Waals surface area contributed by atoms with Crippen LogP contribution in [0.3, 0.4) is 0 Å². The first-order valence-electron chi connectivity index (χ1n) is 10.3.